The fraction of sp³-hybridized carbons (Fsp3) is 1.00. The van der Waals surface area contributed by atoms with Gasteiger partial charge in [0.05, 0.1) is 5.60 Å². The first-order chi connectivity index (χ1) is 7.79. The van der Waals surface area contributed by atoms with Gasteiger partial charge in [0.1, 0.15) is 0 Å². The van der Waals surface area contributed by atoms with Crippen LogP contribution in [0.3, 0.4) is 0 Å². The molecule has 0 radical (unpaired) electrons. The Morgan fingerprint density at radius 1 is 1.29 bits per heavy atom. The van der Waals surface area contributed by atoms with Gasteiger partial charge in [-0.3, -0.25) is 0 Å². The zero-order valence-corrected chi connectivity index (χ0v) is 12.2. The van der Waals surface area contributed by atoms with Crippen molar-refractivity contribution in [2.75, 3.05) is 20.6 Å². The standard InChI is InChI=1S/C15H29NO/c1-6-15(17)11-12-7-8-14(15,13(12,2)3)9-10-16(4)5/h12,17H,6-11H2,1-5H3/t12-,14+,15-/m1/s1. The molecule has 2 rings (SSSR count). The fourth-order valence-corrected chi connectivity index (χ4v) is 4.86. The maximum atomic E-state index is 11.1. The lowest BCUT2D eigenvalue weighted by atomic mass is 9.60. The molecule has 2 bridgehead atoms. The zero-order chi connectivity index (χ0) is 12.9. The quantitative estimate of drug-likeness (QED) is 0.815. The van der Waals surface area contributed by atoms with Gasteiger partial charge in [-0.1, -0.05) is 20.8 Å². The molecule has 1 N–H and O–H groups in total. The molecule has 2 fully saturated rings. The zero-order valence-electron chi connectivity index (χ0n) is 12.2. The molecule has 0 aliphatic heterocycles. The first-order valence-corrected chi connectivity index (χ1v) is 7.16. The third kappa shape index (κ3) is 1.60. The van der Waals surface area contributed by atoms with Crippen molar-refractivity contribution in [1.82, 2.24) is 4.90 Å². The molecule has 2 heteroatoms. The van der Waals surface area contributed by atoms with Crippen molar-refractivity contribution in [3.63, 3.8) is 0 Å². The molecule has 17 heavy (non-hydrogen) atoms. The Morgan fingerprint density at radius 2 is 1.94 bits per heavy atom. The van der Waals surface area contributed by atoms with Crippen molar-refractivity contribution in [2.45, 2.75) is 58.5 Å². The summed E-state index contributed by atoms with van der Waals surface area (Å²) < 4.78 is 0. The molecule has 0 amide bonds. The third-order valence-electron chi connectivity index (χ3n) is 6.22. The highest BCUT2D eigenvalue weighted by atomic mass is 16.3. The summed E-state index contributed by atoms with van der Waals surface area (Å²) in [7, 11) is 4.27. The number of nitrogens with zero attached hydrogens (tertiary/aromatic N) is 1. The van der Waals surface area contributed by atoms with Crippen LogP contribution in [0.25, 0.3) is 0 Å². The molecule has 3 atom stereocenters. The van der Waals surface area contributed by atoms with E-state index in [1.54, 1.807) is 0 Å². The average Bonchev–Trinajstić information content (AvgIpc) is 2.59. The van der Waals surface area contributed by atoms with Crippen LogP contribution in [0.2, 0.25) is 0 Å². The minimum absolute atomic E-state index is 0.156. The van der Waals surface area contributed by atoms with Crippen LogP contribution in [0, 0.1) is 16.7 Å². The maximum absolute atomic E-state index is 11.1. The predicted octanol–water partition coefficient (Wildman–Crippen LogP) is 2.91. The van der Waals surface area contributed by atoms with Crippen LogP contribution in [0.15, 0.2) is 0 Å². The van der Waals surface area contributed by atoms with Crippen molar-refractivity contribution in [3.05, 3.63) is 0 Å². The van der Waals surface area contributed by atoms with Crippen LogP contribution < -0.4 is 0 Å². The van der Waals surface area contributed by atoms with E-state index in [-0.39, 0.29) is 5.41 Å². The van der Waals surface area contributed by atoms with Crippen LogP contribution in [-0.2, 0) is 0 Å². The smallest absolute Gasteiger partial charge is 0.0709 e. The van der Waals surface area contributed by atoms with Crippen molar-refractivity contribution >= 4 is 0 Å². The Morgan fingerprint density at radius 3 is 2.41 bits per heavy atom. The molecule has 0 heterocycles. The highest BCUT2D eigenvalue weighted by Crippen LogP contribution is 2.71. The second-order valence-corrected chi connectivity index (χ2v) is 7.18. The summed E-state index contributed by atoms with van der Waals surface area (Å²) in [4.78, 5) is 2.26. The van der Waals surface area contributed by atoms with E-state index in [9.17, 15) is 5.11 Å². The van der Waals surface area contributed by atoms with E-state index in [0.717, 1.165) is 31.7 Å². The van der Waals surface area contributed by atoms with E-state index in [1.807, 2.05) is 0 Å². The van der Waals surface area contributed by atoms with Crippen LogP contribution >= 0.6 is 0 Å². The van der Waals surface area contributed by atoms with Crippen LogP contribution in [0.1, 0.15) is 52.9 Å². The molecule has 0 spiro atoms. The van der Waals surface area contributed by atoms with E-state index in [2.05, 4.69) is 39.8 Å². The second kappa shape index (κ2) is 3.96. The summed E-state index contributed by atoms with van der Waals surface area (Å²) >= 11 is 0. The van der Waals surface area contributed by atoms with Gasteiger partial charge in [-0.15, -0.1) is 0 Å². The van der Waals surface area contributed by atoms with E-state index in [1.165, 1.54) is 12.8 Å². The van der Waals surface area contributed by atoms with Crippen molar-refractivity contribution in [1.29, 1.82) is 0 Å². The lowest BCUT2D eigenvalue weighted by Crippen LogP contribution is -2.50. The van der Waals surface area contributed by atoms with Gasteiger partial charge < -0.3 is 10.0 Å². The first kappa shape index (κ1) is 13.4. The Hall–Kier alpha value is -0.0800. The van der Waals surface area contributed by atoms with Gasteiger partial charge in [-0.25, -0.2) is 0 Å². The minimum Gasteiger partial charge on any atom is -0.389 e. The topological polar surface area (TPSA) is 23.5 Å². The molecule has 0 unspecified atom stereocenters. The van der Waals surface area contributed by atoms with Gasteiger partial charge in [-0.2, -0.15) is 0 Å². The highest BCUT2D eigenvalue weighted by molar-refractivity contribution is 5.19. The molecule has 2 aliphatic carbocycles. The molecular weight excluding hydrogens is 210 g/mol. The van der Waals surface area contributed by atoms with Crippen LogP contribution in [-0.4, -0.2) is 36.2 Å². The predicted molar refractivity (Wildman–Crippen MR) is 72.0 cm³/mol. The van der Waals surface area contributed by atoms with Gasteiger partial charge in [0, 0.05) is 5.41 Å². The number of hydrogen-bond donors (Lipinski definition) is 1. The molecule has 0 aromatic carbocycles. The number of hydrogen-bond acceptors (Lipinski definition) is 2. The summed E-state index contributed by atoms with van der Waals surface area (Å²) in [6, 6.07) is 0. The Balaban J connectivity index is 2.30. The van der Waals surface area contributed by atoms with Gasteiger partial charge in [0.25, 0.3) is 0 Å². The van der Waals surface area contributed by atoms with Crippen molar-refractivity contribution in [2.24, 2.45) is 16.7 Å². The average molecular weight is 239 g/mol. The normalized spacial score (nSPS) is 43.6. The van der Waals surface area contributed by atoms with E-state index in [4.69, 9.17) is 0 Å². The minimum atomic E-state index is -0.407. The second-order valence-electron chi connectivity index (χ2n) is 7.18. The molecule has 100 valence electrons. The fourth-order valence-electron chi connectivity index (χ4n) is 4.86. The van der Waals surface area contributed by atoms with Crippen molar-refractivity contribution in [3.8, 4) is 0 Å². The molecule has 2 nitrogen and oxygen atoms in total. The monoisotopic (exact) mass is 239 g/mol. The lowest BCUT2D eigenvalue weighted by Gasteiger charge is -2.48. The molecular formula is C15H29NO. The van der Waals surface area contributed by atoms with E-state index < -0.39 is 5.60 Å². The Kier molecular flexibility index (Phi) is 3.11. The highest BCUT2D eigenvalue weighted by Gasteiger charge is 2.69. The summed E-state index contributed by atoms with van der Waals surface area (Å²) in [5, 5.41) is 11.1. The number of fused-ring (bicyclic) bond motifs is 2. The third-order valence-corrected chi connectivity index (χ3v) is 6.22. The molecule has 2 saturated carbocycles. The van der Waals surface area contributed by atoms with E-state index in [0.29, 0.717) is 5.41 Å². The number of rotatable bonds is 4. The van der Waals surface area contributed by atoms with E-state index >= 15 is 0 Å². The molecule has 0 aromatic heterocycles. The van der Waals surface area contributed by atoms with Crippen LogP contribution in [0.4, 0.5) is 0 Å². The SMILES string of the molecule is CC[C@@]1(O)C[C@H]2CC[C@]1(CCN(C)C)C2(C)C. The summed E-state index contributed by atoms with van der Waals surface area (Å²) in [5.41, 5.74) is 0.0624. The Bertz CT molecular complexity index is 299. The maximum Gasteiger partial charge on any atom is 0.0709 e. The van der Waals surface area contributed by atoms with Crippen LogP contribution in [0.5, 0.6) is 0 Å². The first-order valence-electron chi connectivity index (χ1n) is 7.16. The lowest BCUT2D eigenvalue weighted by molar-refractivity contribution is -0.109. The summed E-state index contributed by atoms with van der Waals surface area (Å²) in [6.07, 6.45) is 5.64. The molecule has 0 aromatic rings. The summed E-state index contributed by atoms with van der Waals surface area (Å²) in [6.45, 7) is 8.05. The van der Waals surface area contributed by atoms with Gasteiger partial charge in [0.15, 0.2) is 0 Å². The largest absolute Gasteiger partial charge is 0.389 e. The van der Waals surface area contributed by atoms with Gasteiger partial charge >= 0.3 is 0 Å². The molecule has 0 saturated heterocycles. The summed E-state index contributed by atoms with van der Waals surface area (Å²) in [5.74, 6) is 0.731. The van der Waals surface area contributed by atoms with Gasteiger partial charge in [0.2, 0.25) is 0 Å². The Labute approximate surface area is 106 Å². The van der Waals surface area contributed by atoms with Crippen molar-refractivity contribution < 1.29 is 5.11 Å². The van der Waals surface area contributed by atoms with Gasteiger partial charge in [-0.05, 0) is 64.1 Å². The number of aliphatic hydroxyl groups is 1. The molecule has 2 aliphatic rings.